The van der Waals surface area contributed by atoms with Crippen LogP contribution in [-0.2, 0) is 9.53 Å². The summed E-state index contributed by atoms with van der Waals surface area (Å²) < 4.78 is 5.41. The van der Waals surface area contributed by atoms with Gasteiger partial charge in [-0.2, -0.15) is 0 Å². The van der Waals surface area contributed by atoms with Crippen LogP contribution in [0.4, 0.5) is 0 Å². The molecule has 0 aromatic heterocycles. The molecule has 2 heteroatoms. The molecule has 1 heterocycles. The Morgan fingerprint density at radius 3 is 2.77 bits per heavy atom. The van der Waals surface area contributed by atoms with Crippen molar-refractivity contribution in [1.29, 1.82) is 0 Å². The summed E-state index contributed by atoms with van der Waals surface area (Å²) in [6, 6.07) is 0. The van der Waals surface area contributed by atoms with Crippen LogP contribution >= 0.6 is 0 Å². The molecule has 0 N–H and O–H groups in total. The van der Waals surface area contributed by atoms with Crippen LogP contribution in [0.15, 0.2) is 0 Å². The summed E-state index contributed by atoms with van der Waals surface area (Å²) in [6.07, 6.45) is 3.69. The lowest BCUT2D eigenvalue weighted by atomic mass is 9.70. The molecule has 1 aliphatic heterocycles. The molecule has 0 amide bonds. The molecule has 1 saturated heterocycles. The van der Waals surface area contributed by atoms with Crippen molar-refractivity contribution in [3.8, 4) is 0 Å². The van der Waals surface area contributed by atoms with Crippen molar-refractivity contribution < 1.29 is 9.53 Å². The second kappa shape index (κ2) is 2.73. The lowest BCUT2D eigenvalue weighted by Gasteiger charge is -2.32. The Hall–Kier alpha value is -0.530. The van der Waals surface area contributed by atoms with Gasteiger partial charge in [-0.05, 0) is 32.6 Å². The third-order valence-corrected chi connectivity index (χ3v) is 3.77. The molecule has 0 radical (unpaired) electrons. The summed E-state index contributed by atoms with van der Waals surface area (Å²) in [6.45, 7) is 6.29. The van der Waals surface area contributed by atoms with Crippen molar-refractivity contribution in [1.82, 2.24) is 0 Å². The highest BCUT2D eigenvalue weighted by atomic mass is 16.6. The summed E-state index contributed by atoms with van der Waals surface area (Å²) in [7, 11) is 0. The molecule has 0 aromatic rings. The first kappa shape index (κ1) is 9.04. The van der Waals surface area contributed by atoms with Gasteiger partial charge in [-0.25, -0.2) is 0 Å². The highest BCUT2D eigenvalue weighted by molar-refractivity contribution is 5.78. The van der Waals surface area contributed by atoms with Crippen molar-refractivity contribution in [2.45, 2.75) is 46.1 Å². The van der Waals surface area contributed by atoms with Gasteiger partial charge in [0.05, 0.1) is 5.41 Å². The number of carbonyl (C=O) groups is 1. The zero-order valence-corrected chi connectivity index (χ0v) is 8.67. The third kappa shape index (κ3) is 1.27. The first-order chi connectivity index (χ1) is 6.01. The van der Waals surface area contributed by atoms with Crippen molar-refractivity contribution in [2.75, 3.05) is 0 Å². The number of esters is 1. The molecule has 1 saturated carbocycles. The lowest BCUT2D eigenvalue weighted by molar-refractivity contribution is -0.147. The Bertz CT molecular complexity index is 232. The van der Waals surface area contributed by atoms with E-state index >= 15 is 0 Å². The average molecular weight is 182 g/mol. The number of hydrogen-bond donors (Lipinski definition) is 0. The lowest BCUT2D eigenvalue weighted by Crippen LogP contribution is -2.32. The van der Waals surface area contributed by atoms with Crippen LogP contribution in [0.5, 0.6) is 0 Å². The molecule has 3 unspecified atom stereocenters. The van der Waals surface area contributed by atoms with Gasteiger partial charge in [0, 0.05) is 5.92 Å². The number of hydrogen-bond acceptors (Lipinski definition) is 2. The monoisotopic (exact) mass is 182 g/mol. The van der Waals surface area contributed by atoms with Crippen LogP contribution in [0.1, 0.15) is 40.0 Å². The van der Waals surface area contributed by atoms with E-state index in [4.69, 9.17) is 4.74 Å². The Balaban J connectivity index is 2.18. The zero-order valence-electron chi connectivity index (χ0n) is 8.67. The minimum Gasteiger partial charge on any atom is -0.462 e. The third-order valence-electron chi connectivity index (χ3n) is 3.77. The summed E-state index contributed by atoms with van der Waals surface area (Å²) in [4.78, 5) is 11.5. The SMILES string of the molecule is CC1CCC2C(C1)OC(=O)C2(C)C. The van der Waals surface area contributed by atoms with Gasteiger partial charge >= 0.3 is 5.97 Å². The molecule has 2 nitrogen and oxygen atoms in total. The Morgan fingerprint density at radius 1 is 1.38 bits per heavy atom. The highest BCUT2D eigenvalue weighted by Gasteiger charge is 2.52. The van der Waals surface area contributed by atoms with Crippen LogP contribution in [0.25, 0.3) is 0 Å². The summed E-state index contributed by atoms with van der Waals surface area (Å²) in [5, 5.41) is 0. The van der Waals surface area contributed by atoms with Gasteiger partial charge in [-0.3, -0.25) is 4.79 Å². The van der Waals surface area contributed by atoms with Crippen molar-refractivity contribution in [3.63, 3.8) is 0 Å². The van der Waals surface area contributed by atoms with Crippen LogP contribution in [-0.4, -0.2) is 12.1 Å². The molecule has 13 heavy (non-hydrogen) atoms. The second-order valence-corrected chi connectivity index (χ2v) is 5.19. The largest absolute Gasteiger partial charge is 0.462 e. The molecule has 2 rings (SSSR count). The van der Waals surface area contributed by atoms with Gasteiger partial charge in [0.25, 0.3) is 0 Å². The minimum absolute atomic E-state index is 0.0107. The normalized spacial score (nSPS) is 42.7. The molecule has 2 fully saturated rings. The molecule has 0 aromatic carbocycles. The van der Waals surface area contributed by atoms with Crippen molar-refractivity contribution in [3.05, 3.63) is 0 Å². The van der Waals surface area contributed by atoms with Crippen LogP contribution in [0.3, 0.4) is 0 Å². The van der Waals surface area contributed by atoms with Gasteiger partial charge in [-0.1, -0.05) is 13.3 Å². The molecular formula is C11H18O2. The number of ether oxygens (including phenoxy) is 1. The zero-order chi connectivity index (χ0) is 9.64. The van der Waals surface area contributed by atoms with Crippen molar-refractivity contribution in [2.24, 2.45) is 17.3 Å². The van der Waals surface area contributed by atoms with E-state index in [1.54, 1.807) is 0 Å². The molecular weight excluding hydrogens is 164 g/mol. The maximum absolute atomic E-state index is 11.5. The second-order valence-electron chi connectivity index (χ2n) is 5.19. The average Bonchev–Trinajstić information content (AvgIpc) is 2.23. The smallest absolute Gasteiger partial charge is 0.312 e. The van der Waals surface area contributed by atoms with E-state index in [1.165, 1.54) is 6.42 Å². The van der Waals surface area contributed by atoms with Crippen LogP contribution in [0.2, 0.25) is 0 Å². The summed E-state index contributed by atoms with van der Waals surface area (Å²) in [5.41, 5.74) is -0.231. The van der Waals surface area contributed by atoms with E-state index < -0.39 is 0 Å². The molecule has 1 aliphatic carbocycles. The molecule has 74 valence electrons. The van der Waals surface area contributed by atoms with E-state index in [2.05, 4.69) is 6.92 Å². The van der Waals surface area contributed by atoms with Gasteiger partial charge in [0.15, 0.2) is 0 Å². The maximum atomic E-state index is 11.5. The molecule has 3 atom stereocenters. The van der Waals surface area contributed by atoms with E-state index in [9.17, 15) is 4.79 Å². The fraction of sp³-hybridized carbons (Fsp3) is 0.909. The first-order valence-electron chi connectivity index (χ1n) is 5.23. The van der Waals surface area contributed by atoms with Gasteiger partial charge in [-0.15, -0.1) is 0 Å². The molecule has 2 aliphatic rings. The topological polar surface area (TPSA) is 26.3 Å². The minimum atomic E-state index is -0.231. The molecule has 0 spiro atoms. The number of carbonyl (C=O) groups excluding carboxylic acids is 1. The van der Waals surface area contributed by atoms with Gasteiger partial charge in [0.1, 0.15) is 6.10 Å². The summed E-state index contributed by atoms with van der Waals surface area (Å²) in [5.74, 6) is 1.20. The van der Waals surface area contributed by atoms with E-state index in [0.717, 1.165) is 18.8 Å². The highest BCUT2D eigenvalue weighted by Crippen LogP contribution is 2.47. The number of rotatable bonds is 0. The number of fused-ring (bicyclic) bond motifs is 1. The quantitative estimate of drug-likeness (QED) is 0.538. The van der Waals surface area contributed by atoms with E-state index in [-0.39, 0.29) is 17.5 Å². The van der Waals surface area contributed by atoms with Crippen LogP contribution in [0, 0.1) is 17.3 Å². The van der Waals surface area contributed by atoms with Gasteiger partial charge < -0.3 is 4.74 Å². The fourth-order valence-corrected chi connectivity index (χ4v) is 2.73. The molecule has 0 bridgehead atoms. The Morgan fingerprint density at radius 2 is 2.08 bits per heavy atom. The fourth-order valence-electron chi connectivity index (χ4n) is 2.73. The van der Waals surface area contributed by atoms with Gasteiger partial charge in [0.2, 0.25) is 0 Å². The first-order valence-corrected chi connectivity index (χ1v) is 5.23. The van der Waals surface area contributed by atoms with E-state index in [1.807, 2.05) is 13.8 Å². The Kier molecular flexibility index (Phi) is 1.90. The predicted octanol–water partition coefficient (Wildman–Crippen LogP) is 2.37. The maximum Gasteiger partial charge on any atom is 0.312 e. The van der Waals surface area contributed by atoms with Crippen molar-refractivity contribution >= 4 is 5.97 Å². The van der Waals surface area contributed by atoms with Crippen LogP contribution < -0.4 is 0 Å². The Labute approximate surface area is 79.7 Å². The van der Waals surface area contributed by atoms with E-state index in [0.29, 0.717) is 5.92 Å². The standard InChI is InChI=1S/C11H18O2/c1-7-4-5-8-9(6-7)13-10(12)11(8,2)3/h7-9H,4-6H2,1-3H3. The predicted molar refractivity (Wildman–Crippen MR) is 50.2 cm³/mol. The summed E-state index contributed by atoms with van der Waals surface area (Å²) >= 11 is 0.